The Balaban J connectivity index is 1.83. The van der Waals surface area contributed by atoms with Crippen molar-refractivity contribution in [3.8, 4) is 5.75 Å². The molecule has 0 atom stereocenters. The molecule has 0 aliphatic heterocycles. The molecule has 2 amide bonds. The van der Waals surface area contributed by atoms with Crippen molar-refractivity contribution < 1.29 is 27.5 Å². The van der Waals surface area contributed by atoms with Crippen molar-refractivity contribution in [1.29, 1.82) is 0 Å². The largest absolute Gasteiger partial charge is 0.573 e. The maximum Gasteiger partial charge on any atom is 0.573 e. The number of halogens is 3. The van der Waals surface area contributed by atoms with Gasteiger partial charge in [0.25, 0.3) is 0 Å². The molecule has 0 aliphatic carbocycles. The average molecular weight is 395 g/mol. The van der Waals surface area contributed by atoms with E-state index in [2.05, 4.69) is 10.1 Å². The summed E-state index contributed by atoms with van der Waals surface area (Å²) in [5.41, 5.74) is 1.06. The van der Waals surface area contributed by atoms with Crippen molar-refractivity contribution in [1.82, 2.24) is 4.90 Å². The molecule has 2 aromatic rings. The molecule has 0 aromatic heterocycles. The number of hydrogen-bond acceptors (Lipinski definition) is 4. The van der Waals surface area contributed by atoms with Gasteiger partial charge in [-0.2, -0.15) is 0 Å². The van der Waals surface area contributed by atoms with Gasteiger partial charge in [-0.15, -0.1) is 13.2 Å². The zero-order valence-electron chi connectivity index (χ0n) is 15.4. The van der Waals surface area contributed by atoms with E-state index in [-0.39, 0.29) is 24.7 Å². The molecule has 2 aromatic carbocycles. The Morgan fingerprint density at radius 1 is 0.964 bits per heavy atom. The molecule has 0 aliphatic rings. The predicted molar refractivity (Wildman–Crippen MR) is 99.1 cm³/mol. The maximum absolute atomic E-state index is 12.3. The van der Waals surface area contributed by atoms with Crippen LogP contribution in [0.5, 0.6) is 5.75 Å². The molecule has 28 heavy (non-hydrogen) atoms. The normalized spacial score (nSPS) is 11.2. The highest BCUT2D eigenvalue weighted by Crippen LogP contribution is 2.23. The second-order valence-electron chi connectivity index (χ2n) is 6.08. The molecular formula is C19H20F3N3O3. The van der Waals surface area contributed by atoms with Gasteiger partial charge in [0.15, 0.2) is 0 Å². The maximum atomic E-state index is 12.3. The second kappa shape index (κ2) is 9.23. The highest BCUT2D eigenvalue weighted by molar-refractivity contribution is 5.95. The van der Waals surface area contributed by atoms with Gasteiger partial charge in [-0.1, -0.05) is 18.2 Å². The van der Waals surface area contributed by atoms with E-state index in [4.69, 9.17) is 0 Å². The molecule has 0 saturated heterocycles. The monoisotopic (exact) mass is 395 g/mol. The molecule has 0 radical (unpaired) electrons. The Morgan fingerprint density at radius 3 is 2.14 bits per heavy atom. The van der Waals surface area contributed by atoms with Crippen LogP contribution in [-0.2, 0) is 9.59 Å². The Bertz CT molecular complexity index is 796. The van der Waals surface area contributed by atoms with Crippen molar-refractivity contribution in [3.05, 3.63) is 54.6 Å². The van der Waals surface area contributed by atoms with Crippen molar-refractivity contribution in [2.24, 2.45) is 0 Å². The minimum atomic E-state index is -4.77. The first kappa shape index (κ1) is 21.2. The van der Waals surface area contributed by atoms with Gasteiger partial charge in [0, 0.05) is 18.4 Å². The fourth-order valence-corrected chi connectivity index (χ4v) is 2.37. The fourth-order valence-electron chi connectivity index (χ4n) is 2.37. The standard InChI is InChI=1S/C19H20F3N3O3/c1-24(13-18(27)25(2)15-6-4-3-5-7-15)12-17(26)23-14-8-10-16(11-9-14)28-19(20,21)22/h3-11H,12-13H2,1-2H3,(H,23,26). The first-order chi connectivity index (χ1) is 13.1. The number of rotatable bonds is 7. The summed E-state index contributed by atoms with van der Waals surface area (Å²) < 4.78 is 40.2. The summed E-state index contributed by atoms with van der Waals surface area (Å²) in [7, 11) is 3.27. The third-order valence-corrected chi connectivity index (χ3v) is 3.71. The number of nitrogens with zero attached hydrogens (tertiary/aromatic N) is 2. The molecule has 0 heterocycles. The number of amides is 2. The lowest BCUT2D eigenvalue weighted by molar-refractivity contribution is -0.274. The molecule has 0 bridgehead atoms. The predicted octanol–water partition coefficient (Wildman–Crippen LogP) is 3.12. The van der Waals surface area contributed by atoms with Crippen molar-refractivity contribution >= 4 is 23.2 Å². The minimum Gasteiger partial charge on any atom is -0.406 e. The van der Waals surface area contributed by atoms with Crippen LogP contribution >= 0.6 is 0 Å². The van der Waals surface area contributed by atoms with Crippen LogP contribution in [0, 0.1) is 0 Å². The van der Waals surface area contributed by atoms with Crippen LogP contribution in [-0.4, -0.2) is 50.3 Å². The van der Waals surface area contributed by atoms with Crippen molar-refractivity contribution in [2.45, 2.75) is 6.36 Å². The Hall–Kier alpha value is -3.07. The number of benzene rings is 2. The van der Waals surface area contributed by atoms with Crippen LogP contribution in [0.1, 0.15) is 0 Å². The number of ether oxygens (including phenoxy) is 1. The van der Waals surface area contributed by atoms with E-state index < -0.39 is 12.3 Å². The lowest BCUT2D eigenvalue weighted by Gasteiger charge is -2.21. The summed E-state index contributed by atoms with van der Waals surface area (Å²) in [4.78, 5) is 27.4. The summed E-state index contributed by atoms with van der Waals surface area (Å²) in [5, 5.41) is 2.55. The van der Waals surface area contributed by atoms with E-state index in [0.717, 1.165) is 17.8 Å². The van der Waals surface area contributed by atoms with Crippen LogP contribution in [0.25, 0.3) is 0 Å². The van der Waals surface area contributed by atoms with E-state index >= 15 is 0 Å². The number of para-hydroxylation sites is 1. The first-order valence-corrected chi connectivity index (χ1v) is 8.30. The number of likely N-dealkylation sites (N-methyl/N-ethyl adjacent to an activating group) is 2. The quantitative estimate of drug-likeness (QED) is 0.783. The summed E-state index contributed by atoms with van der Waals surface area (Å²) >= 11 is 0. The Morgan fingerprint density at radius 2 is 1.57 bits per heavy atom. The minimum absolute atomic E-state index is 0.0250. The molecule has 0 unspecified atom stereocenters. The SMILES string of the molecule is CN(CC(=O)Nc1ccc(OC(F)(F)F)cc1)CC(=O)N(C)c1ccccc1. The average Bonchev–Trinajstić information content (AvgIpc) is 2.62. The summed E-state index contributed by atoms with van der Waals surface area (Å²) in [5.74, 6) is -0.963. The van der Waals surface area contributed by atoms with E-state index in [1.54, 1.807) is 26.2 Å². The van der Waals surface area contributed by atoms with Crippen LogP contribution in [0.15, 0.2) is 54.6 Å². The lowest BCUT2D eigenvalue weighted by atomic mass is 10.3. The second-order valence-corrected chi connectivity index (χ2v) is 6.08. The molecule has 0 saturated carbocycles. The molecule has 150 valence electrons. The third kappa shape index (κ3) is 6.92. The van der Waals surface area contributed by atoms with Gasteiger partial charge < -0.3 is 15.0 Å². The number of carbonyl (C=O) groups excluding carboxylic acids is 2. The van der Waals surface area contributed by atoms with Crippen LogP contribution in [0.3, 0.4) is 0 Å². The van der Waals surface area contributed by atoms with E-state index in [1.807, 2.05) is 18.2 Å². The number of hydrogen-bond donors (Lipinski definition) is 1. The fraction of sp³-hybridized carbons (Fsp3) is 0.263. The number of nitrogens with one attached hydrogen (secondary N) is 1. The summed E-state index contributed by atoms with van der Waals surface area (Å²) in [6, 6.07) is 13.9. The molecule has 9 heteroatoms. The van der Waals surface area contributed by atoms with Crippen LogP contribution in [0.4, 0.5) is 24.5 Å². The Kier molecular flexibility index (Phi) is 7.00. The van der Waals surface area contributed by atoms with Gasteiger partial charge in [0.1, 0.15) is 5.75 Å². The topological polar surface area (TPSA) is 61.9 Å². The smallest absolute Gasteiger partial charge is 0.406 e. The van der Waals surface area contributed by atoms with E-state index in [9.17, 15) is 22.8 Å². The number of anilines is 2. The van der Waals surface area contributed by atoms with Gasteiger partial charge in [-0.3, -0.25) is 14.5 Å². The molecule has 0 spiro atoms. The summed E-state index contributed by atoms with van der Waals surface area (Å²) in [6.45, 7) is -0.0354. The zero-order chi connectivity index (χ0) is 20.7. The molecule has 1 N–H and O–H groups in total. The molecule has 2 rings (SSSR count). The number of carbonyl (C=O) groups is 2. The highest BCUT2D eigenvalue weighted by atomic mass is 19.4. The highest BCUT2D eigenvalue weighted by Gasteiger charge is 2.31. The Labute approximate surface area is 160 Å². The third-order valence-electron chi connectivity index (χ3n) is 3.71. The van der Waals surface area contributed by atoms with Crippen molar-refractivity contribution in [3.63, 3.8) is 0 Å². The van der Waals surface area contributed by atoms with Gasteiger partial charge in [-0.25, -0.2) is 0 Å². The first-order valence-electron chi connectivity index (χ1n) is 8.30. The van der Waals surface area contributed by atoms with Gasteiger partial charge in [-0.05, 0) is 43.4 Å². The van der Waals surface area contributed by atoms with Crippen LogP contribution in [0.2, 0.25) is 0 Å². The molecular weight excluding hydrogens is 375 g/mol. The lowest BCUT2D eigenvalue weighted by Crippen LogP contribution is -2.39. The molecule has 6 nitrogen and oxygen atoms in total. The van der Waals surface area contributed by atoms with Gasteiger partial charge in [0.2, 0.25) is 11.8 Å². The number of alkyl halides is 3. The summed E-state index contributed by atoms with van der Waals surface area (Å²) in [6.07, 6.45) is -4.77. The van der Waals surface area contributed by atoms with Crippen molar-refractivity contribution in [2.75, 3.05) is 37.4 Å². The van der Waals surface area contributed by atoms with Gasteiger partial charge in [0.05, 0.1) is 13.1 Å². The van der Waals surface area contributed by atoms with E-state index in [0.29, 0.717) is 5.69 Å². The molecule has 0 fully saturated rings. The van der Waals surface area contributed by atoms with Gasteiger partial charge >= 0.3 is 6.36 Å². The van der Waals surface area contributed by atoms with E-state index in [1.165, 1.54) is 21.9 Å². The zero-order valence-corrected chi connectivity index (χ0v) is 15.4. The van der Waals surface area contributed by atoms with Crippen LogP contribution < -0.4 is 15.0 Å².